The van der Waals surface area contributed by atoms with Crippen molar-refractivity contribution in [3.8, 4) is 16.9 Å². The zero-order valence-corrected chi connectivity index (χ0v) is 18.9. The number of anilines is 2. The van der Waals surface area contributed by atoms with Crippen molar-refractivity contribution in [3.63, 3.8) is 0 Å². The monoisotopic (exact) mass is 457 g/mol. The molecule has 0 spiro atoms. The molecule has 0 aliphatic heterocycles. The Hall–Kier alpha value is -3.66. The third-order valence-electron chi connectivity index (χ3n) is 4.67. The lowest BCUT2D eigenvalue weighted by Crippen LogP contribution is -2.14. The Kier molecular flexibility index (Phi) is 6.64. The number of benzene rings is 2. The maximum Gasteiger partial charge on any atom is 0.265 e. The molecule has 3 aromatic rings. The highest BCUT2D eigenvalue weighted by Gasteiger charge is 2.24. The van der Waals surface area contributed by atoms with Crippen LogP contribution >= 0.6 is 0 Å². The molecule has 0 fully saturated rings. The molecule has 0 saturated carbocycles. The number of ketones is 1. The average Bonchev–Trinajstić information content (AvgIpc) is 3.15. The molecular formula is C22H23N3O6S. The van der Waals surface area contributed by atoms with Crippen molar-refractivity contribution in [3.05, 3.63) is 53.7 Å². The standard InChI is InChI=1S/C22H23N3O6S/c1-5-18-21(22(31-24-18)23-14(3)27)16-8-11-19(30-4)20(12-16)32(28,29)25-17-9-6-15(7-10-17)13(2)26/h6-12,25H,5H2,1-4H3,(H,23,27). The van der Waals surface area contributed by atoms with E-state index >= 15 is 0 Å². The van der Waals surface area contributed by atoms with Crippen molar-refractivity contribution < 1.29 is 27.3 Å². The molecule has 0 unspecified atom stereocenters. The van der Waals surface area contributed by atoms with Gasteiger partial charge in [-0.15, -0.1) is 0 Å². The van der Waals surface area contributed by atoms with Crippen LogP contribution in [0.4, 0.5) is 11.6 Å². The van der Waals surface area contributed by atoms with Crippen molar-refractivity contribution in [2.45, 2.75) is 32.1 Å². The van der Waals surface area contributed by atoms with Crippen LogP contribution in [0.1, 0.15) is 36.8 Å². The van der Waals surface area contributed by atoms with Gasteiger partial charge in [-0.05, 0) is 55.3 Å². The summed E-state index contributed by atoms with van der Waals surface area (Å²) in [5, 5.41) is 6.55. The number of rotatable bonds is 8. The van der Waals surface area contributed by atoms with Crippen molar-refractivity contribution in [1.29, 1.82) is 0 Å². The summed E-state index contributed by atoms with van der Waals surface area (Å²) >= 11 is 0. The van der Waals surface area contributed by atoms with Gasteiger partial charge in [0, 0.05) is 18.2 Å². The first kappa shape index (κ1) is 23.0. The zero-order chi connectivity index (χ0) is 23.5. The summed E-state index contributed by atoms with van der Waals surface area (Å²) in [5.41, 5.74) is 2.31. The molecule has 1 amide bonds. The smallest absolute Gasteiger partial charge is 0.265 e. The highest BCUT2D eigenvalue weighted by Crippen LogP contribution is 2.36. The minimum absolute atomic E-state index is 0.106. The number of aromatic nitrogens is 1. The minimum Gasteiger partial charge on any atom is -0.495 e. The molecule has 0 bridgehead atoms. The third kappa shape index (κ3) is 4.80. The van der Waals surface area contributed by atoms with E-state index in [1.54, 1.807) is 6.07 Å². The van der Waals surface area contributed by atoms with E-state index in [0.29, 0.717) is 34.5 Å². The molecule has 0 aliphatic rings. The Morgan fingerprint density at radius 3 is 2.34 bits per heavy atom. The van der Waals surface area contributed by atoms with Gasteiger partial charge in [-0.3, -0.25) is 19.6 Å². The van der Waals surface area contributed by atoms with Crippen molar-refractivity contribution in [1.82, 2.24) is 5.16 Å². The molecule has 0 atom stereocenters. The fraction of sp³-hybridized carbons (Fsp3) is 0.227. The van der Waals surface area contributed by atoms with E-state index < -0.39 is 10.0 Å². The Balaban J connectivity index is 2.06. The van der Waals surface area contributed by atoms with Crippen molar-refractivity contribution in [2.24, 2.45) is 0 Å². The SMILES string of the molecule is CCc1noc(NC(C)=O)c1-c1ccc(OC)c(S(=O)(=O)Nc2ccc(C(C)=O)cc2)c1. The van der Waals surface area contributed by atoms with E-state index in [1.807, 2.05) is 6.92 Å². The number of Topliss-reactive ketones (excluding diaryl/α,β-unsaturated/α-hetero) is 1. The topological polar surface area (TPSA) is 128 Å². The summed E-state index contributed by atoms with van der Waals surface area (Å²) in [6.07, 6.45) is 0.507. The fourth-order valence-electron chi connectivity index (χ4n) is 3.13. The largest absolute Gasteiger partial charge is 0.495 e. The van der Waals surface area contributed by atoms with E-state index in [9.17, 15) is 18.0 Å². The van der Waals surface area contributed by atoms with Crippen molar-refractivity contribution >= 4 is 33.3 Å². The van der Waals surface area contributed by atoms with Crippen LogP contribution in [0.5, 0.6) is 5.75 Å². The molecule has 2 N–H and O–H groups in total. The van der Waals surface area contributed by atoms with Gasteiger partial charge in [-0.1, -0.05) is 18.1 Å². The number of hydrogen-bond acceptors (Lipinski definition) is 7. The van der Waals surface area contributed by atoms with Gasteiger partial charge in [0.2, 0.25) is 11.8 Å². The van der Waals surface area contributed by atoms with Gasteiger partial charge < -0.3 is 9.26 Å². The summed E-state index contributed by atoms with van der Waals surface area (Å²) in [6.45, 7) is 4.63. The van der Waals surface area contributed by atoms with Crippen LogP contribution in [0.2, 0.25) is 0 Å². The molecule has 0 aliphatic carbocycles. The fourth-order valence-corrected chi connectivity index (χ4v) is 4.39. The first-order chi connectivity index (χ1) is 15.2. The van der Waals surface area contributed by atoms with Crippen LogP contribution in [0.3, 0.4) is 0 Å². The molecule has 1 heterocycles. The van der Waals surface area contributed by atoms with Gasteiger partial charge in [-0.2, -0.15) is 0 Å². The molecule has 168 valence electrons. The molecular weight excluding hydrogens is 434 g/mol. The summed E-state index contributed by atoms with van der Waals surface area (Å²) in [4.78, 5) is 22.9. The number of sulfonamides is 1. The van der Waals surface area contributed by atoms with Crippen LogP contribution in [-0.4, -0.2) is 32.4 Å². The highest BCUT2D eigenvalue weighted by molar-refractivity contribution is 7.92. The van der Waals surface area contributed by atoms with Gasteiger partial charge in [0.15, 0.2) is 5.78 Å². The maximum absolute atomic E-state index is 13.2. The van der Waals surface area contributed by atoms with Crippen LogP contribution in [0.25, 0.3) is 11.1 Å². The summed E-state index contributed by atoms with van der Waals surface area (Å²) in [7, 11) is -2.69. The Morgan fingerprint density at radius 1 is 1.09 bits per heavy atom. The van der Waals surface area contributed by atoms with Gasteiger partial charge in [-0.25, -0.2) is 8.42 Å². The lowest BCUT2D eigenvalue weighted by Gasteiger charge is -2.14. The second kappa shape index (κ2) is 9.23. The number of amides is 1. The first-order valence-electron chi connectivity index (χ1n) is 9.74. The van der Waals surface area contributed by atoms with Crippen LogP contribution < -0.4 is 14.8 Å². The molecule has 1 aromatic heterocycles. The molecule has 2 aromatic carbocycles. The number of methoxy groups -OCH3 is 1. The number of hydrogen-bond donors (Lipinski definition) is 2. The maximum atomic E-state index is 13.2. The van der Waals surface area contributed by atoms with Gasteiger partial charge in [0.05, 0.1) is 18.4 Å². The Labute approximate surface area is 185 Å². The Morgan fingerprint density at radius 2 is 1.78 bits per heavy atom. The highest BCUT2D eigenvalue weighted by atomic mass is 32.2. The van der Waals surface area contributed by atoms with Crippen LogP contribution in [-0.2, 0) is 21.2 Å². The molecule has 10 heteroatoms. The molecule has 3 rings (SSSR count). The molecule has 0 radical (unpaired) electrons. The number of nitrogens with zero attached hydrogens (tertiary/aromatic N) is 1. The Bertz CT molecular complexity index is 1260. The molecule has 32 heavy (non-hydrogen) atoms. The number of carbonyl (C=O) groups is 2. The summed E-state index contributed by atoms with van der Waals surface area (Å²) in [5.74, 6) is -0.195. The molecule has 9 nitrogen and oxygen atoms in total. The lowest BCUT2D eigenvalue weighted by atomic mass is 10.0. The average molecular weight is 458 g/mol. The lowest BCUT2D eigenvalue weighted by molar-refractivity contribution is -0.114. The predicted molar refractivity (Wildman–Crippen MR) is 119 cm³/mol. The normalized spacial score (nSPS) is 11.1. The quantitative estimate of drug-likeness (QED) is 0.491. The summed E-state index contributed by atoms with van der Waals surface area (Å²) < 4.78 is 39.4. The van der Waals surface area contributed by atoms with E-state index in [4.69, 9.17) is 9.26 Å². The minimum atomic E-state index is -4.06. The number of carbonyl (C=O) groups excluding carboxylic acids is 2. The second-order valence-electron chi connectivity index (χ2n) is 6.97. The van der Waals surface area contributed by atoms with Gasteiger partial charge >= 0.3 is 0 Å². The van der Waals surface area contributed by atoms with Crippen molar-refractivity contribution in [2.75, 3.05) is 17.1 Å². The first-order valence-corrected chi connectivity index (χ1v) is 11.2. The van der Waals surface area contributed by atoms with Gasteiger partial charge in [0.25, 0.3) is 10.0 Å². The number of aryl methyl sites for hydroxylation is 1. The predicted octanol–water partition coefficient (Wildman–Crippen LogP) is 3.87. The van der Waals surface area contributed by atoms with E-state index in [-0.39, 0.29) is 28.2 Å². The van der Waals surface area contributed by atoms with E-state index in [2.05, 4.69) is 15.2 Å². The van der Waals surface area contributed by atoms with Crippen LogP contribution in [0, 0.1) is 0 Å². The van der Waals surface area contributed by atoms with Gasteiger partial charge in [0.1, 0.15) is 10.6 Å². The third-order valence-corrected chi connectivity index (χ3v) is 6.08. The number of nitrogens with one attached hydrogen (secondary N) is 2. The number of ether oxygens (including phenoxy) is 1. The van der Waals surface area contributed by atoms with E-state index in [1.165, 1.54) is 57.4 Å². The summed E-state index contributed by atoms with van der Waals surface area (Å²) in [6, 6.07) is 10.7. The van der Waals surface area contributed by atoms with Crippen LogP contribution in [0.15, 0.2) is 51.9 Å². The zero-order valence-electron chi connectivity index (χ0n) is 18.1. The second-order valence-corrected chi connectivity index (χ2v) is 8.62. The molecule has 0 saturated heterocycles. The van der Waals surface area contributed by atoms with E-state index in [0.717, 1.165) is 0 Å².